The zero-order valence-corrected chi connectivity index (χ0v) is 15.5. The quantitative estimate of drug-likeness (QED) is 0.874. The van der Waals surface area contributed by atoms with Crippen molar-refractivity contribution in [1.29, 1.82) is 5.26 Å². The van der Waals surface area contributed by atoms with E-state index in [4.69, 9.17) is 4.74 Å². The van der Waals surface area contributed by atoms with Crippen LogP contribution in [0.15, 0.2) is 23.8 Å². The van der Waals surface area contributed by atoms with Crippen molar-refractivity contribution in [1.82, 2.24) is 4.90 Å². The molecule has 6 nitrogen and oxygen atoms in total. The molecule has 0 bridgehead atoms. The number of aliphatic hydroxyl groups excluding tert-OH is 1. The molecular formula is C21H25N3O3. The molecule has 0 saturated carbocycles. The van der Waals surface area contributed by atoms with Crippen molar-refractivity contribution < 1.29 is 14.6 Å². The monoisotopic (exact) mass is 367 g/mol. The topological polar surface area (TPSA) is 76.8 Å². The maximum absolute atomic E-state index is 12.6. The summed E-state index contributed by atoms with van der Waals surface area (Å²) in [5, 5.41) is 19.1. The van der Waals surface area contributed by atoms with E-state index in [1.54, 1.807) is 0 Å². The Hall–Kier alpha value is -2.36. The van der Waals surface area contributed by atoms with E-state index in [0.717, 1.165) is 74.7 Å². The lowest BCUT2D eigenvalue weighted by Crippen LogP contribution is -2.37. The lowest BCUT2D eigenvalue weighted by Gasteiger charge is -2.37. The van der Waals surface area contributed by atoms with Gasteiger partial charge in [0.2, 0.25) is 0 Å². The highest BCUT2D eigenvalue weighted by molar-refractivity contribution is 6.10. The summed E-state index contributed by atoms with van der Waals surface area (Å²) in [5.41, 5.74) is 4.19. The standard InChI is InChI=1S/C21H25N3O3/c22-13-19-20(26)11-16-1-2-17(23-7-9-27-10-8-23)12-18(16)21(19)24-5-3-15(14-25)4-6-24/h1-2,12,15,25H,3-11,14H2. The number of nitriles is 1. The molecule has 2 fully saturated rings. The Balaban J connectivity index is 1.72. The van der Waals surface area contributed by atoms with Crippen molar-refractivity contribution in [2.24, 2.45) is 5.92 Å². The molecule has 3 aliphatic rings. The number of ether oxygens (including phenoxy) is 1. The fourth-order valence-electron chi connectivity index (χ4n) is 4.27. The highest BCUT2D eigenvalue weighted by atomic mass is 16.5. The van der Waals surface area contributed by atoms with Crippen molar-refractivity contribution in [2.75, 3.05) is 50.9 Å². The first-order chi connectivity index (χ1) is 13.2. The third-order valence-corrected chi connectivity index (χ3v) is 5.89. The highest BCUT2D eigenvalue weighted by Gasteiger charge is 2.31. The van der Waals surface area contributed by atoms with Gasteiger partial charge in [-0.2, -0.15) is 5.26 Å². The number of rotatable bonds is 3. The number of aliphatic hydroxyl groups is 1. The molecule has 1 N–H and O–H groups in total. The summed E-state index contributed by atoms with van der Waals surface area (Å²) >= 11 is 0. The van der Waals surface area contributed by atoms with E-state index >= 15 is 0 Å². The summed E-state index contributed by atoms with van der Waals surface area (Å²) in [4.78, 5) is 17.0. The molecule has 0 spiro atoms. The van der Waals surface area contributed by atoms with Crippen LogP contribution in [0.25, 0.3) is 5.70 Å². The average Bonchev–Trinajstić information content (AvgIpc) is 2.73. The molecule has 1 aromatic rings. The third kappa shape index (κ3) is 3.45. The highest BCUT2D eigenvalue weighted by Crippen LogP contribution is 2.36. The van der Waals surface area contributed by atoms with Crippen LogP contribution in [0.5, 0.6) is 0 Å². The van der Waals surface area contributed by atoms with Crippen molar-refractivity contribution in [3.63, 3.8) is 0 Å². The van der Waals surface area contributed by atoms with Crippen LogP contribution >= 0.6 is 0 Å². The van der Waals surface area contributed by atoms with Gasteiger partial charge in [-0.25, -0.2) is 0 Å². The van der Waals surface area contributed by atoms with Gasteiger partial charge in [0.15, 0.2) is 5.78 Å². The van der Waals surface area contributed by atoms with E-state index in [1.807, 2.05) is 6.07 Å². The first kappa shape index (κ1) is 18.0. The number of ketones is 1. The Kier molecular flexibility index (Phi) is 5.15. The van der Waals surface area contributed by atoms with Crippen molar-refractivity contribution in [3.8, 4) is 6.07 Å². The van der Waals surface area contributed by atoms with E-state index in [0.29, 0.717) is 5.92 Å². The lowest BCUT2D eigenvalue weighted by molar-refractivity contribution is -0.114. The van der Waals surface area contributed by atoms with Gasteiger partial charge in [0, 0.05) is 50.5 Å². The molecule has 142 valence electrons. The Bertz CT molecular complexity index is 797. The van der Waals surface area contributed by atoms with Crippen molar-refractivity contribution in [2.45, 2.75) is 19.3 Å². The number of fused-ring (bicyclic) bond motifs is 1. The molecule has 2 aliphatic heterocycles. The van der Waals surface area contributed by atoms with E-state index in [1.165, 1.54) is 0 Å². The molecule has 0 atom stereocenters. The lowest BCUT2D eigenvalue weighted by atomic mass is 9.86. The molecule has 0 unspecified atom stereocenters. The Morgan fingerprint density at radius 2 is 1.89 bits per heavy atom. The van der Waals surface area contributed by atoms with Crippen LogP contribution in [0.1, 0.15) is 24.0 Å². The number of Topliss-reactive ketones (excluding diaryl/α,β-unsaturated/α-hetero) is 1. The molecule has 0 amide bonds. The molecule has 1 aromatic carbocycles. The average molecular weight is 367 g/mol. The van der Waals surface area contributed by atoms with E-state index in [9.17, 15) is 15.2 Å². The number of morpholine rings is 1. The van der Waals surface area contributed by atoms with Crippen LogP contribution in [-0.2, 0) is 16.0 Å². The van der Waals surface area contributed by atoms with Crippen LogP contribution in [0.2, 0.25) is 0 Å². The fourth-order valence-corrected chi connectivity index (χ4v) is 4.27. The first-order valence-corrected chi connectivity index (χ1v) is 9.70. The number of piperidine rings is 1. The minimum Gasteiger partial charge on any atom is -0.396 e. The van der Waals surface area contributed by atoms with Crippen LogP contribution in [0.3, 0.4) is 0 Å². The first-order valence-electron chi connectivity index (χ1n) is 9.70. The summed E-state index contributed by atoms with van der Waals surface area (Å²) in [6, 6.07) is 8.42. The molecule has 1 aliphatic carbocycles. The van der Waals surface area contributed by atoms with E-state index in [2.05, 4.69) is 28.0 Å². The van der Waals surface area contributed by atoms with Crippen LogP contribution in [0.4, 0.5) is 5.69 Å². The summed E-state index contributed by atoms with van der Waals surface area (Å²) in [6.45, 7) is 4.87. The van der Waals surface area contributed by atoms with Gasteiger partial charge >= 0.3 is 0 Å². The van der Waals surface area contributed by atoms with Gasteiger partial charge in [-0.1, -0.05) is 6.07 Å². The third-order valence-electron chi connectivity index (χ3n) is 5.89. The second kappa shape index (κ2) is 7.71. The van der Waals surface area contributed by atoms with Gasteiger partial charge in [0.25, 0.3) is 0 Å². The number of nitrogens with zero attached hydrogens (tertiary/aromatic N) is 3. The molecule has 6 heteroatoms. The number of allylic oxidation sites excluding steroid dienone is 1. The number of likely N-dealkylation sites (tertiary alicyclic amines) is 1. The summed E-state index contributed by atoms with van der Waals surface area (Å²) in [7, 11) is 0. The number of carbonyl (C=O) groups is 1. The second-order valence-corrected chi connectivity index (χ2v) is 7.49. The number of hydrogen-bond acceptors (Lipinski definition) is 6. The van der Waals surface area contributed by atoms with Gasteiger partial charge in [-0.3, -0.25) is 4.79 Å². The molecule has 4 rings (SSSR count). The van der Waals surface area contributed by atoms with Gasteiger partial charge in [-0.15, -0.1) is 0 Å². The summed E-state index contributed by atoms with van der Waals surface area (Å²) in [5.74, 6) is 0.217. The largest absolute Gasteiger partial charge is 0.396 e. The fraction of sp³-hybridized carbons (Fsp3) is 0.524. The maximum Gasteiger partial charge on any atom is 0.179 e. The normalized spacial score (nSPS) is 21.3. The zero-order chi connectivity index (χ0) is 18.8. The van der Waals surface area contributed by atoms with Crippen molar-refractivity contribution >= 4 is 17.2 Å². The number of anilines is 1. The van der Waals surface area contributed by atoms with E-state index < -0.39 is 0 Å². The Morgan fingerprint density at radius 3 is 2.56 bits per heavy atom. The van der Waals surface area contributed by atoms with Crippen LogP contribution < -0.4 is 4.90 Å². The number of carbonyl (C=O) groups excluding carboxylic acids is 1. The summed E-state index contributed by atoms with van der Waals surface area (Å²) < 4.78 is 5.45. The Labute approximate surface area is 159 Å². The minimum atomic E-state index is -0.0941. The predicted octanol–water partition coefficient (Wildman–Crippen LogP) is 1.59. The van der Waals surface area contributed by atoms with Crippen LogP contribution in [-0.4, -0.2) is 61.8 Å². The number of benzene rings is 1. The maximum atomic E-state index is 12.6. The SMILES string of the molecule is N#CC1=C(N2CCC(CO)CC2)c2cc(N3CCOCC3)ccc2CC1=O. The van der Waals surface area contributed by atoms with Gasteiger partial charge < -0.3 is 19.6 Å². The van der Waals surface area contributed by atoms with Gasteiger partial charge in [0.1, 0.15) is 11.6 Å². The zero-order valence-electron chi connectivity index (χ0n) is 15.5. The Morgan fingerprint density at radius 1 is 1.15 bits per heavy atom. The number of hydrogen-bond donors (Lipinski definition) is 1. The van der Waals surface area contributed by atoms with Crippen LogP contribution in [0, 0.1) is 17.2 Å². The van der Waals surface area contributed by atoms with Gasteiger partial charge in [0.05, 0.1) is 18.9 Å². The van der Waals surface area contributed by atoms with E-state index in [-0.39, 0.29) is 24.4 Å². The molecule has 0 radical (unpaired) electrons. The van der Waals surface area contributed by atoms with Gasteiger partial charge in [-0.05, 0) is 36.5 Å². The second-order valence-electron chi connectivity index (χ2n) is 7.49. The minimum absolute atomic E-state index is 0.0941. The molecule has 2 heterocycles. The smallest absolute Gasteiger partial charge is 0.179 e. The molecule has 0 aromatic heterocycles. The predicted molar refractivity (Wildman–Crippen MR) is 102 cm³/mol. The molecular weight excluding hydrogens is 342 g/mol. The molecule has 27 heavy (non-hydrogen) atoms. The van der Waals surface area contributed by atoms with Crippen molar-refractivity contribution in [3.05, 3.63) is 34.9 Å². The molecule has 2 saturated heterocycles. The summed E-state index contributed by atoms with van der Waals surface area (Å²) in [6.07, 6.45) is 2.05.